The van der Waals surface area contributed by atoms with E-state index in [0.29, 0.717) is 18.6 Å². The average molecular weight is 927 g/mol. The third-order valence-electron chi connectivity index (χ3n) is 7.91. The summed E-state index contributed by atoms with van der Waals surface area (Å²) in [5, 5.41) is 28.5. The highest BCUT2D eigenvalue weighted by Crippen LogP contribution is 2.61. The van der Waals surface area contributed by atoms with Gasteiger partial charge in [0, 0.05) is 30.7 Å². The Labute approximate surface area is 338 Å². The molecule has 11 N–H and O–H groups in total. The van der Waals surface area contributed by atoms with Gasteiger partial charge in [0.05, 0.1) is 25.6 Å². The molecule has 1 aliphatic heterocycles. The Bertz CT molecular complexity index is 1890. The molecule has 58 heavy (non-hydrogen) atoms. The van der Waals surface area contributed by atoms with E-state index in [1.807, 2.05) is 6.26 Å². The number of aromatic nitrogens is 4. The zero-order chi connectivity index (χ0) is 43.5. The molecule has 0 bridgehead atoms. The normalized spacial score (nSPS) is 21.7. The van der Waals surface area contributed by atoms with Gasteiger partial charge in [0.1, 0.15) is 36.3 Å². The summed E-state index contributed by atoms with van der Waals surface area (Å²) in [4.78, 5) is 98.7. The van der Waals surface area contributed by atoms with Crippen LogP contribution in [0.3, 0.4) is 0 Å². The van der Waals surface area contributed by atoms with Gasteiger partial charge in [0.15, 0.2) is 17.7 Å². The van der Waals surface area contributed by atoms with Crippen LogP contribution >= 0.6 is 47.0 Å². The molecule has 31 heteroatoms. The molecule has 1 fully saturated rings. The van der Waals surface area contributed by atoms with Crippen molar-refractivity contribution in [1.29, 1.82) is 0 Å². The maximum atomic E-state index is 12.7. The van der Waals surface area contributed by atoms with Crippen LogP contribution in [0.25, 0.3) is 11.2 Å². The van der Waals surface area contributed by atoms with Crippen LogP contribution in [-0.2, 0) is 55.5 Å². The number of imidazole rings is 1. The molecule has 8 unspecified atom stereocenters. The van der Waals surface area contributed by atoms with Crippen molar-refractivity contribution < 1.29 is 85.3 Å². The Morgan fingerprint density at radius 2 is 1.76 bits per heavy atom. The maximum absolute atomic E-state index is 12.7. The summed E-state index contributed by atoms with van der Waals surface area (Å²) in [6, 6.07) is -0.650. The van der Waals surface area contributed by atoms with Crippen molar-refractivity contribution in [3.05, 3.63) is 12.7 Å². The monoisotopic (exact) mass is 926 g/mol. The smallest absolute Gasteiger partial charge is 0.386 e. The lowest BCUT2D eigenvalue weighted by Crippen LogP contribution is -2.46. The summed E-state index contributed by atoms with van der Waals surface area (Å²) >= 11 is 2.46. The lowest BCUT2D eigenvalue weighted by Gasteiger charge is -2.30. The van der Waals surface area contributed by atoms with Crippen molar-refractivity contribution in [3.8, 4) is 0 Å². The van der Waals surface area contributed by atoms with E-state index in [2.05, 4.69) is 39.7 Å². The maximum Gasteiger partial charge on any atom is 0.481 e. The molecule has 26 nitrogen and oxygen atoms in total. The number of nitrogens with two attached hydrogens (primary N) is 1. The zero-order valence-corrected chi connectivity index (χ0v) is 35.3. The number of nitrogens with one attached hydrogen (secondary N) is 3. The first kappa shape index (κ1) is 49.7. The molecule has 3 amide bonds. The van der Waals surface area contributed by atoms with Crippen molar-refractivity contribution in [3.63, 3.8) is 0 Å². The number of hydrogen-bond donors (Lipinski definition) is 10. The van der Waals surface area contributed by atoms with Crippen molar-refractivity contribution in [2.75, 3.05) is 49.8 Å². The molecule has 0 saturated carbocycles. The van der Waals surface area contributed by atoms with Gasteiger partial charge in [-0.3, -0.25) is 37.3 Å². The number of aliphatic hydroxyl groups is 2. The highest BCUT2D eigenvalue weighted by Gasteiger charge is 2.50. The molecule has 2 aromatic rings. The van der Waals surface area contributed by atoms with Crippen LogP contribution in [0.1, 0.15) is 32.9 Å². The van der Waals surface area contributed by atoms with Crippen LogP contribution in [0.4, 0.5) is 5.82 Å². The minimum atomic E-state index is -5.59. The van der Waals surface area contributed by atoms with Gasteiger partial charge >= 0.3 is 23.5 Å². The first-order valence-electron chi connectivity index (χ1n) is 16.7. The molecule has 0 spiro atoms. The quantitative estimate of drug-likeness (QED) is 0.0309. The van der Waals surface area contributed by atoms with Gasteiger partial charge in [0.25, 0.3) is 0 Å². The predicted octanol–water partition coefficient (Wildman–Crippen LogP) is -1.47. The van der Waals surface area contributed by atoms with E-state index in [4.69, 9.17) is 19.5 Å². The Morgan fingerprint density at radius 3 is 2.41 bits per heavy atom. The number of hydrogen-bond acceptors (Lipinski definition) is 20. The van der Waals surface area contributed by atoms with Crippen LogP contribution in [0.2, 0.25) is 0 Å². The number of amides is 3. The lowest BCUT2D eigenvalue weighted by atomic mass is 9.87. The fourth-order valence-corrected chi connectivity index (χ4v) is 9.06. The van der Waals surface area contributed by atoms with Gasteiger partial charge in [-0.05, 0) is 18.4 Å². The van der Waals surface area contributed by atoms with Crippen LogP contribution < -0.4 is 21.7 Å². The molecule has 3 rings (SSSR count). The number of fused-ring (bicyclic) bond motifs is 1. The Hall–Kier alpha value is -2.62. The second kappa shape index (κ2) is 21.8. The minimum Gasteiger partial charge on any atom is -0.386 e. The number of nitrogens with zero attached hydrogens (tertiary/aromatic N) is 4. The van der Waals surface area contributed by atoms with Crippen molar-refractivity contribution in [1.82, 2.24) is 35.5 Å². The van der Waals surface area contributed by atoms with Crippen LogP contribution in [0.5, 0.6) is 0 Å². The number of carbonyl (C=O) groups excluding carboxylic acids is 4. The molecule has 328 valence electrons. The molecule has 1 saturated heterocycles. The second-order valence-electron chi connectivity index (χ2n) is 12.9. The van der Waals surface area contributed by atoms with Gasteiger partial charge in [-0.2, -0.15) is 16.1 Å². The lowest BCUT2D eigenvalue weighted by molar-refractivity contribution is -0.137. The van der Waals surface area contributed by atoms with E-state index < -0.39 is 90.6 Å². The molecule has 1 aliphatic rings. The fourth-order valence-electron chi connectivity index (χ4n) is 4.97. The third kappa shape index (κ3) is 15.1. The standard InChI is InChI=1S/C27H45N8O18P3S2/c1-27(2,21(39)24(40)30-6-4-17(37)29-7-9-58-26(41)15(34-14-36)5-8-57-3)11-50-56(47,48)53-55(45,46)49-10-16-20(52-54(42,43)44)19(38)25(51-16)35-13-33-18-22(28)31-12-32-23(18)35/h12-16,19-21,25,38-39H,4-11H2,1-3H3,(H,29,37)(H,30,40)(H,34,36)(H,45,46)(H,47,48)(H2,28,31,32)(H2,42,43,44). The molecule has 0 radical (unpaired) electrons. The Kier molecular flexibility index (Phi) is 18.7. The number of thioether (sulfide) groups is 2. The van der Waals surface area contributed by atoms with Gasteiger partial charge < -0.3 is 56.2 Å². The first-order valence-corrected chi connectivity index (χ1v) is 23.6. The Balaban J connectivity index is 1.47. The van der Waals surface area contributed by atoms with E-state index in [1.165, 1.54) is 25.6 Å². The summed E-state index contributed by atoms with van der Waals surface area (Å²) < 4.78 is 62.1. The topological polar surface area (TPSA) is 393 Å². The van der Waals surface area contributed by atoms with Crippen LogP contribution in [0, 0.1) is 5.41 Å². The van der Waals surface area contributed by atoms with Gasteiger partial charge in [-0.25, -0.2) is 28.6 Å². The Morgan fingerprint density at radius 1 is 1.07 bits per heavy atom. The second-order valence-corrected chi connectivity index (χ2v) is 19.2. The SMILES string of the molecule is CSCCC(NC=O)C(=O)SCCNC(=O)CCNC(=O)C(O)C(C)(C)COP(=O)(O)OP(=O)(O)OCC1OC(n2cnc3c(N)ncnc32)C(O)C1OP(=O)(O)O. The number of anilines is 1. The largest absolute Gasteiger partial charge is 0.481 e. The fraction of sp³-hybridized carbons (Fsp3) is 0.667. The van der Waals surface area contributed by atoms with Crippen molar-refractivity contribution in [2.45, 2.75) is 63.4 Å². The number of carbonyl (C=O) groups is 4. The van der Waals surface area contributed by atoms with Crippen molar-refractivity contribution >= 4 is 87.3 Å². The van der Waals surface area contributed by atoms with E-state index in [-0.39, 0.29) is 47.4 Å². The molecule has 0 aromatic carbocycles. The number of ether oxygens (including phenoxy) is 1. The van der Waals surface area contributed by atoms with E-state index in [1.54, 1.807) is 0 Å². The van der Waals surface area contributed by atoms with E-state index in [0.717, 1.165) is 29.0 Å². The summed E-state index contributed by atoms with van der Waals surface area (Å²) in [5.74, 6) is -0.652. The number of phosphoric ester groups is 3. The number of nitrogen functional groups attached to an aromatic ring is 1. The average Bonchev–Trinajstić information content (AvgIpc) is 3.69. The summed E-state index contributed by atoms with van der Waals surface area (Å²) in [6.45, 7) is 0.299. The summed E-state index contributed by atoms with van der Waals surface area (Å²) in [5.41, 5.74) is 4.22. The number of aliphatic hydroxyl groups excluding tert-OH is 2. The highest BCUT2D eigenvalue weighted by atomic mass is 32.2. The molecule has 3 heterocycles. The molecule has 8 atom stereocenters. The van der Waals surface area contributed by atoms with E-state index >= 15 is 0 Å². The molecular weight excluding hydrogens is 881 g/mol. The summed E-state index contributed by atoms with van der Waals surface area (Å²) in [7, 11) is -16.4. The van der Waals surface area contributed by atoms with Gasteiger partial charge in [-0.1, -0.05) is 25.6 Å². The molecule has 2 aromatic heterocycles. The van der Waals surface area contributed by atoms with Gasteiger partial charge in [-0.15, -0.1) is 0 Å². The van der Waals surface area contributed by atoms with Crippen LogP contribution in [0.15, 0.2) is 12.7 Å². The molecular formula is C27H45N8O18P3S2. The predicted molar refractivity (Wildman–Crippen MR) is 203 cm³/mol. The summed E-state index contributed by atoms with van der Waals surface area (Å²) in [6.07, 6.45) is -4.27. The highest BCUT2D eigenvalue weighted by molar-refractivity contribution is 8.13. The zero-order valence-electron chi connectivity index (χ0n) is 31.0. The molecule has 0 aliphatic carbocycles. The van der Waals surface area contributed by atoms with E-state index in [9.17, 15) is 62.7 Å². The first-order chi connectivity index (χ1) is 27.0. The van der Waals surface area contributed by atoms with Crippen molar-refractivity contribution in [2.24, 2.45) is 5.41 Å². The third-order valence-corrected chi connectivity index (χ3v) is 12.6. The van der Waals surface area contributed by atoms with Crippen LogP contribution in [-0.4, -0.2) is 147 Å². The van der Waals surface area contributed by atoms with Gasteiger partial charge in [0.2, 0.25) is 23.3 Å². The number of phosphoric acid groups is 3. The number of rotatable bonds is 25. The minimum absolute atomic E-state index is 0.0234.